The summed E-state index contributed by atoms with van der Waals surface area (Å²) >= 11 is 0. The Labute approximate surface area is 98.3 Å². The lowest BCUT2D eigenvalue weighted by Gasteiger charge is -2.13. The van der Waals surface area contributed by atoms with E-state index < -0.39 is 0 Å². The molecular formula is C14H10O3. The molecule has 1 aliphatic heterocycles. The van der Waals surface area contributed by atoms with Crippen molar-refractivity contribution < 1.29 is 14.3 Å². The normalized spacial score (nSPS) is 12.8. The SMILES string of the molecule is CC(=O)c1ccc2cc3c(cc2c1)OC=CO3. The Bertz CT molecular complexity index is 641. The zero-order valence-electron chi connectivity index (χ0n) is 9.27. The minimum Gasteiger partial charge on any atom is -0.458 e. The molecule has 1 aliphatic rings. The van der Waals surface area contributed by atoms with Crippen LogP contribution < -0.4 is 9.47 Å². The summed E-state index contributed by atoms with van der Waals surface area (Å²) in [6.45, 7) is 1.56. The van der Waals surface area contributed by atoms with Crippen LogP contribution in [0.2, 0.25) is 0 Å². The highest BCUT2D eigenvalue weighted by Crippen LogP contribution is 2.35. The number of carbonyl (C=O) groups excluding carboxylic acids is 1. The molecule has 0 saturated carbocycles. The third kappa shape index (κ3) is 1.65. The summed E-state index contributed by atoms with van der Waals surface area (Å²) in [6.07, 6.45) is 2.99. The molecule has 0 amide bonds. The molecule has 0 atom stereocenters. The van der Waals surface area contributed by atoms with Gasteiger partial charge in [-0.1, -0.05) is 12.1 Å². The van der Waals surface area contributed by atoms with Crippen molar-refractivity contribution in [3.8, 4) is 11.5 Å². The summed E-state index contributed by atoms with van der Waals surface area (Å²) in [7, 11) is 0. The van der Waals surface area contributed by atoms with Crippen LogP contribution in [0.1, 0.15) is 17.3 Å². The third-order valence-electron chi connectivity index (χ3n) is 2.75. The van der Waals surface area contributed by atoms with Crippen LogP contribution in [0.5, 0.6) is 11.5 Å². The van der Waals surface area contributed by atoms with Crippen LogP contribution in [0.3, 0.4) is 0 Å². The highest BCUT2D eigenvalue weighted by atomic mass is 16.5. The van der Waals surface area contributed by atoms with Crippen LogP contribution in [0.4, 0.5) is 0 Å². The first-order chi connectivity index (χ1) is 8.24. The van der Waals surface area contributed by atoms with E-state index in [1.54, 1.807) is 6.92 Å². The highest BCUT2D eigenvalue weighted by molar-refractivity contribution is 5.99. The first-order valence-electron chi connectivity index (χ1n) is 5.31. The van der Waals surface area contributed by atoms with Gasteiger partial charge < -0.3 is 9.47 Å². The second-order valence-corrected chi connectivity index (χ2v) is 3.92. The highest BCUT2D eigenvalue weighted by Gasteiger charge is 2.10. The second kappa shape index (κ2) is 3.63. The molecule has 0 bridgehead atoms. The molecular weight excluding hydrogens is 216 g/mol. The first-order valence-corrected chi connectivity index (χ1v) is 5.31. The summed E-state index contributed by atoms with van der Waals surface area (Å²) in [5.41, 5.74) is 0.699. The van der Waals surface area contributed by atoms with Crippen molar-refractivity contribution in [2.24, 2.45) is 0 Å². The molecule has 3 rings (SSSR count). The number of hydrogen-bond acceptors (Lipinski definition) is 3. The maximum absolute atomic E-state index is 11.3. The van der Waals surface area contributed by atoms with Crippen LogP contribution in [0, 0.1) is 0 Å². The van der Waals surface area contributed by atoms with E-state index in [1.165, 1.54) is 12.5 Å². The summed E-state index contributed by atoms with van der Waals surface area (Å²) in [4.78, 5) is 11.3. The molecule has 1 heterocycles. The molecule has 84 valence electrons. The van der Waals surface area contributed by atoms with Crippen LogP contribution in [-0.2, 0) is 0 Å². The van der Waals surface area contributed by atoms with E-state index in [9.17, 15) is 4.79 Å². The van der Waals surface area contributed by atoms with Gasteiger partial charge >= 0.3 is 0 Å². The van der Waals surface area contributed by atoms with E-state index in [-0.39, 0.29) is 5.78 Å². The Morgan fingerprint density at radius 3 is 2.24 bits per heavy atom. The molecule has 0 aromatic heterocycles. The molecule has 3 heteroatoms. The van der Waals surface area contributed by atoms with Crippen molar-refractivity contribution in [3.05, 3.63) is 48.4 Å². The van der Waals surface area contributed by atoms with E-state index in [0.717, 1.165) is 10.8 Å². The van der Waals surface area contributed by atoms with Gasteiger partial charge in [-0.3, -0.25) is 4.79 Å². The minimum absolute atomic E-state index is 0.0571. The fraction of sp³-hybridized carbons (Fsp3) is 0.0714. The summed E-state index contributed by atoms with van der Waals surface area (Å²) in [6, 6.07) is 9.36. The molecule has 2 aromatic carbocycles. The third-order valence-corrected chi connectivity index (χ3v) is 2.75. The van der Waals surface area contributed by atoms with Gasteiger partial charge in [-0.25, -0.2) is 0 Å². The summed E-state index contributed by atoms with van der Waals surface area (Å²) in [5, 5.41) is 1.99. The Morgan fingerprint density at radius 2 is 1.59 bits per heavy atom. The number of ether oxygens (including phenoxy) is 2. The average Bonchev–Trinajstić information content (AvgIpc) is 2.35. The lowest BCUT2D eigenvalue weighted by molar-refractivity contribution is 0.101. The van der Waals surface area contributed by atoms with Gasteiger partial charge in [0.25, 0.3) is 0 Å². The molecule has 3 nitrogen and oxygen atoms in total. The molecule has 0 fully saturated rings. The van der Waals surface area contributed by atoms with E-state index >= 15 is 0 Å². The van der Waals surface area contributed by atoms with Crippen molar-refractivity contribution in [1.82, 2.24) is 0 Å². The molecule has 0 aliphatic carbocycles. The van der Waals surface area contributed by atoms with Crippen LogP contribution in [0.25, 0.3) is 10.8 Å². The number of fused-ring (bicyclic) bond motifs is 2. The Morgan fingerprint density at radius 1 is 0.941 bits per heavy atom. The molecule has 2 aromatic rings. The van der Waals surface area contributed by atoms with Crippen molar-refractivity contribution >= 4 is 16.6 Å². The van der Waals surface area contributed by atoms with Crippen LogP contribution in [0.15, 0.2) is 42.9 Å². The van der Waals surface area contributed by atoms with Crippen molar-refractivity contribution in [2.75, 3.05) is 0 Å². The number of rotatable bonds is 1. The number of benzene rings is 2. The smallest absolute Gasteiger partial charge is 0.169 e. The number of hydrogen-bond donors (Lipinski definition) is 0. The van der Waals surface area contributed by atoms with Gasteiger partial charge in [-0.15, -0.1) is 0 Å². The maximum Gasteiger partial charge on any atom is 0.169 e. The lowest BCUT2D eigenvalue weighted by atomic mass is 10.0. The first kappa shape index (κ1) is 9.90. The molecule has 17 heavy (non-hydrogen) atoms. The topological polar surface area (TPSA) is 35.5 Å². The minimum atomic E-state index is 0.0571. The van der Waals surface area contributed by atoms with Gasteiger partial charge in [0.15, 0.2) is 17.3 Å². The zero-order valence-corrected chi connectivity index (χ0v) is 9.27. The summed E-state index contributed by atoms with van der Waals surface area (Å²) < 4.78 is 10.7. The molecule has 0 saturated heterocycles. The Balaban J connectivity index is 2.21. The summed E-state index contributed by atoms with van der Waals surface area (Å²) in [5.74, 6) is 1.41. The van der Waals surface area contributed by atoms with Gasteiger partial charge in [0.05, 0.1) is 0 Å². The second-order valence-electron chi connectivity index (χ2n) is 3.92. The van der Waals surface area contributed by atoms with Crippen molar-refractivity contribution in [2.45, 2.75) is 6.92 Å². The number of Topliss-reactive ketones (excluding diaryl/α,β-unsaturated/α-hetero) is 1. The fourth-order valence-electron chi connectivity index (χ4n) is 1.86. The monoisotopic (exact) mass is 226 g/mol. The van der Waals surface area contributed by atoms with Crippen molar-refractivity contribution in [3.63, 3.8) is 0 Å². The number of ketones is 1. The van der Waals surface area contributed by atoms with Crippen LogP contribution >= 0.6 is 0 Å². The van der Waals surface area contributed by atoms with Crippen LogP contribution in [-0.4, -0.2) is 5.78 Å². The van der Waals surface area contributed by atoms with Gasteiger partial charge in [0.1, 0.15) is 12.5 Å². The molecule has 0 radical (unpaired) electrons. The van der Waals surface area contributed by atoms with Crippen molar-refractivity contribution in [1.29, 1.82) is 0 Å². The van der Waals surface area contributed by atoms with E-state index in [0.29, 0.717) is 17.1 Å². The largest absolute Gasteiger partial charge is 0.458 e. The van der Waals surface area contributed by atoms with E-state index in [1.807, 2.05) is 30.3 Å². The van der Waals surface area contributed by atoms with E-state index in [2.05, 4.69) is 0 Å². The number of carbonyl (C=O) groups is 1. The van der Waals surface area contributed by atoms with Gasteiger partial charge in [0.2, 0.25) is 0 Å². The Kier molecular flexibility index (Phi) is 2.11. The predicted molar refractivity (Wildman–Crippen MR) is 64.3 cm³/mol. The van der Waals surface area contributed by atoms with Gasteiger partial charge in [-0.05, 0) is 35.9 Å². The predicted octanol–water partition coefficient (Wildman–Crippen LogP) is 3.28. The zero-order chi connectivity index (χ0) is 11.8. The average molecular weight is 226 g/mol. The molecule has 0 N–H and O–H groups in total. The lowest BCUT2D eigenvalue weighted by Crippen LogP contribution is -1.96. The standard InChI is InChI=1S/C14H10O3/c1-9(15)10-2-3-11-7-13-14(8-12(11)6-10)17-5-4-16-13/h2-8H,1H3. The van der Waals surface area contributed by atoms with Gasteiger partial charge in [-0.2, -0.15) is 0 Å². The quantitative estimate of drug-likeness (QED) is 0.700. The van der Waals surface area contributed by atoms with E-state index in [4.69, 9.17) is 9.47 Å². The Hall–Kier alpha value is -2.29. The van der Waals surface area contributed by atoms with Gasteiger partial charge in [0, 0.05) is 5.56 Å². The molecule has 0 unspecified atom stereocenters. The fourth-order valence-corrected chi connectivity index (χ4v) is 1.86. The molecule has 0 spiro atoms. The maximum atomic E-state index is 11.3.